The topological polar surface area (TPSA) is 29.3 Å². The fourth-order valence-corrected chi connectivity index (χ4v) is 2.76. The van der Waals surface area contributed by atoms with Crippen LogP contribution in [0, 0.1) is 11.8 Å². The molecule has 2 N–H and O–H groups in total. The number of rotatable bonds is 2. The molecule has 1 unspecified atom stereocenters. The minimum atomic E-state index is 0.492. The lowest BCUT2D eigenvalue weighted by Gasteiger charge is -2.18. The van der Waals surface area contributed by atoms with Crippen molar-refractivity contribution in [1.29, 1.82) is 0 Å². The molecule has 1 aliphatic heterocycles. The summed E-state index contributed by atoms with van der Waals surface area (Å²) in [4.78, 5) is 2.49. The summed E-state index contributed by atoms with van der Waals surface area (Å²) in [6, 6.07) is 8.61. The van der Waals surface area contributed by atoms with E-state index in [0.717, 1.165) is 23.4 Å². The number of piperidine rings is 1. The van der Waals surface area contributed by atoms with Crippen molar-refractivity contribution in [2.75, 3.05) is 13.1 Å². The average Bonchev–Trinajstić information content (AvgIpc) is 2.66. The molecule has 2 nitrogen and oxygen atoms in total. The Morgan fingerprint density at radius 2 is 1.80 bits per heavy atom. The van der Waals surface area contributed by atoms with Crippen LogP contribution in [0.3, 0.4) is 0 Å². The summed E-state index contributed by atoms with van der Waals surface area (Å²) < 4.78 is 0. The minimum Gasteiger partial charge on any atom is -0.327 e. The van der Waals surface area contributed by atoms with Gasteiger partial charge in [-0.3, -0.25) is 4.90 Å². The standard InChI is InChI=1S/C12H15ClN2/c13-9-3-1-8(2-4-9)5-15-6-10-11(7-15)12(10)14/h1-4,10-12H,5-7,14H2/t10-,11+,12?. The first kappa shape index (κ1) is 9.64. The summed E-state index contributed by atoms with van der Waals surface area (Å²) in [5, 5.41) is 0.810. The molecule has 2 fully saturated rings. The molecular weight excluding hydrogens is 208 g/mol. The molecule has 3 heteroatoms. The molecule has 1 aromatic carbocycles. The lowest BCUT2D eigenvalue weighted by Crippen LogP contribution is -2.27. The van der Waals surface area contributed by atoms with Crippen molar-refractivity contribution in [3.63, 3.8) is 0 Å². The van der Waals surface area contributed by atoms with Crippen molar-refractivity contribution in [3.05, 3.63) is 34.9 Å². The Hall–Kier alpha value is -0.570. The van der Waals surface area contributed by atoms with Gasteiger partial charge in [0, 0.05) is 30.7 Å². The fourth-order valence-electron chi connectivity index (χ4n) is 2.64. The van der Waals surface area contributed by atoms with Crippen molar-refractivity contribution < 1.29 is 0 Å². The molecule has 80 valence electrons. The predicted molar refractivity (Wildman–Crippen MR) is 61.7 cm³/mol. The number of halogens is 1. The van der Waals surface area contributed by atoms with Gasteiger partial charge in [-0.25, -0.2) is 0 Å². The zero-order chi connectivity index (χ0) is 10.4. The van der Waals surface area contributed by atoms with Crippen molar-refractivity contribution in [3.8, 4) is 0 Å². The van der Waals surface area contributed by atoms with Crippen molar-refractivity contribution >= 4 is 11.6 Å². The molecule has 0 spiro atoms. The van der Waals surface area contributed by atoms with Crippen LogP contribution in [0.1, 0.15) is 5.56 Å². The number of nitrogens with two attached hydrogens (primary N) is 1. The van der Waals surface area contributed by atoms with Crippen LogP contribution >= 0.6 is 11.6 Å². The first-order valence-electron chi connectivity index (χ1n) is 5.46. The van der Waals surface area contributed by atoms with E-state index in [1.54, 1.807) is 0 Å². The van der Waals surface area contributed by atoms with Gasteiger partial charge in [-0.1, -0.05) is 23.7 Å². The van der Waals surface area contributed by atoms with E-state index >= 15 is 0 Å². The quantitative estimate of drug-likeness (QED) is 0.826. The maximum absolute atomic E-state index is 5.90. The molecule has 1 saturated carbocycles. The monoisotopic (exact) mass is 222 g/mol. The Balaban J connectivity index is 1.60. The van der Waals surface area contributed by atoms with Crippen LogP contribution in [0.5, 0.6) is 0 Å². The first-order valence-corrected chi connectivity index (χ1v) is 5.84. The molecule has 0 amide bonds. The van der Waals surface area contributed by atoms with Crippen molar-refractivity contribution in [2.24, 2.45) is 17.6 Å². The predicted octanol–water partition coefficient (Wildman–Crippen LogP) is 1.73. The zero-order valence-electron chi connectivity index (χ0n) is 8.57. The molecular formula is C12H15ClN2. The highest BCUT2D eigenvalue weighted by molar-refractivity contribution is 6.30. The maximum atomic E-state index is 5.90. The molecule has 3 rings (SSSR count). The molecule has 3 atom stereocenters. The maximum Gasteiger partial charge on any atom is 0.0406 e. The Morgan fingerprint density at radius 1 is 1.20 bits per heavy atom. The third kappa shape index (κ3) is 1.78. The van der Waals surface area contributed by atoms with Crippen LogP contribution in [0.15, 0.2) is 24.3 Å². The zero-order valence-corrected chi connectivity index (χ0v) is 9.32. The summed E-state index contributed by atoms with van der Waals surface area (Å²) in [7, 11) is 0. The molecule has 1 heterocycles. The third-order valence-electron chi connectivity index (χ3n) is 3.66. The third-order valence-corrected chi connectivity index (χ3v) is 3.91. The van der Waals surface area contributed by atoms with Crippen LogP contribution in [0.2, 0.25) is 5.02 Å². The van der Waals surface area contributed by atoms with Crippen LogP contribution in [0.25, 0.3) is 0 Å². The van der Waals surface area contributed by atoms with Gasteiger partial charge in [0.15, 0.2) is 0 Å². The number of likely N-dealkylation sites (tertiary alicyclic amines) is 1. The SMILES string of the molecule is NC1[C@H]2CN(Cc3ccc(Cl)cc3)C[C@@H]12. The van der Waals surface area contributed by atoms with Crippen molar-refractivity contribution in [1.82, 2.24) is 4.90 Å². The summed E-state index contributed by atoms with van der Waals surface area (Å²) >= 11 is 5.85. The van der Waals surface area contributed by atoms with Crippen LogP contribution < -0.4 is 5.73 Å². The Morgan fingerprint density at radius 3 is 2.40 bits per heavy atom. The fraction of sp³-hybridized carbons (Fsp3) is 0.500. The van der Waals surface area contributed by atoms with Gasteiger partial charge < -0.3 is 5.73 Å². The van der Waals surface area contributed by atoms with Gasteiger partial charge in [-0.05, 0) is 29.5 Å². The number of hydrogen-bond donors (Lipinski definition) is 1. The molecule has 1 aromatic rings. The highest BCUT2D eigenvalue weighted by Crippen LogP contribution is 2.44. The van der Waals surface area contributed by atoms with E-state index in [2.05, 4.69) is 17.0 Å². The van der Waals surface area contributed by atoms with E-state index < -0.39 is 0 Å². The van der Waals surface area contributed by atoms with Crippen molar-refractivity contribution in [2.45, 2.75) is 12.6 Å². The van der Waals surface area contributed by atoms with Gasteiger partial charge in [-0.15, -0.1) is 0 Å². The average molecular weight is 223 g/mol. The molecule has 2 aliphatic rings. The molecule has 1 aliphatic carbocycles. The lowest BCUT2D eigenvalue weighted by atomic mass is 10.2. The van der Waals surface area contributed by atoms with E-state index in [1.165, 1.54) is 18.7 Å². The van der Waals surface area contributed by atoms with E-state index in [0.29, 0.717) is 6.04 Å². The Kier molecular flexibility index (Phi) is 2.23. The minimum absolute atomic E-state index is 0.492. The Labute approximate surface area is 95.0 Å². The van der Waals surface area contributed by atoms with E-state index in [1.807, 2.05) is 12.1 Å². The van der Waals surface area contributed by atoms with Gasteiger partial charge >= 0.3 is 0 Å². The van der Waals surface area contributed by atoms with E-state index in [9.17, 15) is 0 Å². The molecule has 0 radical (unpaired) electrons. The smallest absolute Gasteiger partial charge is 0.0406 e. The summed E-state index contributed by atoms with van der Waals surface area (Å²) in [5.74, 6) is 1.55. The second-order valence-corrected chi connectivity index (χ2v) is 5.16. The van der Waals surface area contributed by atoms with E-state index in [-0.39, 0.29) is 0 Å². The largest absolute Gasteiger partial charge is 0.327 e. The number of benzene rings is 1. The molecule has 0 aromatic heterocycles. The molecule has 15 heavy (non-hydrogen) atoms. The molecule has 0 bridgehead atoms. The van der Waals surface area contributed by atoms with Crippen LogP contribution in [-0.4, -0.2) is 24.0 Å². The van der Waals surface area contributed by atoms with Gasteiger partial charge in [0.2, 0.25) is 0 Å². The molecule has 1 saturated heterocycles. The van der Waals surface area contributed by atoms with Crippen LogP contribution in [-0.2, 0) is 6.54 Å². The first-order chi connectivity index (χ1) is 7.24. The van der Waals surface area contributed by atoms with Gasteiger partial charge in [-0.2, -0.15) is 0 Å². The highest BCUT2D eigenvalue weighted by Gasteiger charge is 2.53. The summed E-state index contributed by atoms with van der Waals surface area (Å²) in [6.07, 6.45) is 0. The second-order valence-electron chi connectivity index (χ2n) is 4.73. The Bertz CT molecular complexity index is 350. The summed E-state index contributed by atoms with van der Waals surface area (Å²) in [6.45, 7) is 3.39. The summed E-state index contributed by atoms with van der Waals surface area (Å²) in [5.41, 5.74) is 7.25. The van der Waals surface area contributed by atoms with Gasteiger partial charge in [0.1, 0.15) is 0 Å². The second kappa shape index (κ2) is 3.48. The van der Waals surface area contributed by atoms with Gasteiger partial charge in [0.05, 0.1) is 0 Å². The normalized spacial score (nSPS) is 34.1. The van der Waals surface area contributed by atoms with E-state index in [4.69, 9.17) is 17.3 Å². The van der Waals surface area contributed by atoms with Gasteiger partial charge in [0.25, 0.3) is 0 Å². The highest BCUT2D eigenvalue weighted by atomic mass is 35.5. The lowest BCUT2D eigenvalue weighted by molar-refractivity contribution is 0.290. The number of fused-ring (bicyclic) bond motifs is 1. The number of hydrogen-bond acceptors (Lipinski definition) is 2. The number of nitrogens with zero attached hydrogens (tertiary/aromatic N) is 1. The van der Waals surface area contributed by atoms with Crippen LogP contribution in [0.4, 0.5) is 0 Å².